The fraction of sp³-hybridized carbons (Fsp3) is 0.200. The molecule has 0 aliphatic carbocycles. The number of rotatable bonds is 4. The van der Waals surface area contributed by atoms with Gasteiger partial charge in [-0.1, -0.05) is 6.07 Å². The fourth-order valence-corrected chi connectivity index (χ4v) is 2.11. The predicted molar refractivity (Wildman–Crippen MR) is 77.2 cm³/mol. The summed E-state index contributed by atoms with van der Waals surface area (Å²) >= 11 is 0. The Labute approximate surface area is 117 Å². The minimum Gasteiger partial charge on any atom is -0.423 e. The zero-order valence-electron chi connectivity index (χ0n) is 11.5. The van der Waals surface area contributed by atoms with Gasteiger partial charge >= 0.3 is 0 Å². The largest absolute Gasteiger partial charge is 0.423 e. The van der Waals surface area contributed by atoms with E-state index in [0.717, 1.165) is 17.8 Å². The number of nitrogens with one attached hydrogen (secondary N) is 1. The van der Waals surface area contributed by atoms with Crippen molar-refractivity contribution < 1.29 is 4.42 Å². The molecule has 5 nitrogen and oxygen atoms in total. The van der Waals surface area contributed by atoms with Gasteiger partial charge < -0.3 is 14.3 Å². The Morgan fingerprint density at radius 2 is 2.20 bits per heavy atom. The molecule has 2 heterocycles. The van der Waals surface area contributed by atoms with E-state index in [4.69, 9.17) is 4.42 Å². The maximum Gasteiger partial charge on any atom is 0.247 e. The molecule has 0 spiro atoms. The van der Waals surface area contributed by atoms with Crippen molar-refractivity contribution in [3.8, 4) is 11.5 Å². The molecule has 3 rings (SSSR count). The maximum atomic E-state index is 5.23. The summed E-state index contributed by atoms with van der Waals surface area (Å²) in [4.78, 5) is 0. The van der Waals surface area contributed by atoms with Gasteiger partial charge in [0.2, 0.25) is 12.3 Å². The molecule has 3 aromatic rings. The first kappa shape index (κ1) is 12.5. The molecule has 102 valence electrons. The maximum absolute atomic E-state index is 5.23. The van der Waals surface area contributed by atoms with E-state index in [1.807, 2.05) is 36.0 Å². The van der Waals surface area contributed by atoms with Gasteiger partial charge in [-0.15, -0.1) is 10.2 Å². The third-order valence-electron chi connectivity index (χ3n) is 3.22. The molecular formula is C15H16N4O. The number of hydrogen-bond donors (Lipinski definition) is 1. The topological polar surface area (TPSA) is 55.9 Å². The fourth-order valence-electron chi connectivity index (χ4n) is 2.11. The molecule has 0 bridgehead atoms. The van der Waals surface area contributed by atoms with Gasteiger partial charge in [-0.3, -0.25) is 0 Å². The number of aromatic nitrogens is 3. The lowest BCUT2D eigenvalue weighted by Crippen LogP contribution is -2.00. The molecule has 0 aliphatic heterocycles. The van der Waals surface area contributed by atoms with E-state index < -0.39 is 0 Å². The Hall–Kier alpha value is -2.56. The third-order valence-corrected chi connectivity index (χ3v) is 3.22. The molecule has 5 heteroatoms. The number of anilines is 1. The Morgan fingerprint density at radius 1 is 1.30 bits per heavy atom. The first-order valence-electron chi connectivity index (χ1n) is 6.44. The predicted octanol–water partition coefficient (Wildman–Crippen LogP) is 3.00. The summed E-state index contributed by atoms with van der Waals surface area (Å²) in [6, 6.07) is 8.17. The monoisotopic (exact) mass is 268 g/mol. The molecule has 0 saturated heterocycles. The van der Waals surface area contributed by atoms with Crippen molar-refractivity contribution >= 4 is 5.69 Å². The van der Waals surface area contributed by atoms with E-state index >= 15 is 0 Å². The average Bonchev–Trinajstić information content (AvgIpc) is 3.09. The number of aryl methyl sites for hydroxylation is 2. The van der Waals surface area contributed by atoms with Crippen molar-refractivity contribution in [1.29, 1.82) is 0 Å². The standard InChI is InChI=1S/C15H16N4O/c1-11-3-4-13(15-18-17-10-20-15)7-14(11)16-8-12-5-6-19(2)9-12/h3-7,9-10,16H,8H2,1-2H3. The summed E-state index contributed by atoms with van der Waals surface area (Å²) < 4.78 is 7.27. The molecule has 0 unspecified atom stereocenters. The quantitative estimate of drug-likeness (QED) is 0.790. The second kappa shape index (κ2) is 5.21. The number of benzene rings is 1. The molecule has 0 aliphatic rings. The Bertz CT molecular complexity index is 700. The first-order valence-corrected chi connectivity index (χ1v) is 6.44. The molecule has 0 radical (unpaired) electrons. The average molecular weight is 268 g/mol. The second-order valence-corrected chi connectivity index (χ2v) is 4.81. The summed E-state index contributed by atoms with van der Waals surface area (Å²) in [7, 11) is 2.02. The van der Waals surface area contributed by atoms with Crippen LogP contribution in [0.1, 0.15) is 11.1 Å². The zero-order chi connectivity index (χ0) is 13.9. The Balaban J connectivity index is 1.80. The molecule has 2 aromatic heterocycles. The van der Waals surface area contributed by atoms with Crippen LogP contribution in [0.4, 0.5) is 5.69 Å². The minimum atomic E-state index is 0.535. The normalized spacial score (nSPS) is 10.7. The second-order valence-electron chi connectivity index (χ2n) is 4.81. The molecule has 20 heavy (non-hydrogen) atoms. The van der Waals surface area contributed by atoms with E-state index in [1.54, 1.807) is 0 Å². The molecule has 0 saturated carbocycles. The third kappa shape index (κ3) is 2.56. The van der Waals surface area contributed by atoms with Crippen LogP contribution in [-0.4, -0.2) is 14.8 Å². The van der Waals surface area contributed by atoms with Crippen molar-refractivity contribution in [2.75, 3.05) is 5.32 Å². The SMILES string of the molecule is Cc1ccc(-c2nnco2)cc1NCc1ccn(C)c1. The van der Waals surface area contributed by atoms with Crippen molar-refractivity contribution in [1.82, 2.24) is 14.8 Å². The van der Waals surface area contributed by atoms with Crippen LogP contribution in [0.25, 0.3) is 11.5 Å². The molecule has 1 aromatic carbocycles. The molecule has 0 fully saturated rings. The Kier molecular flexibility index (Phi) is 3.25. The number of hydrogen-bond acceptors (Lipinski definition) is 4. The van der Waals surface area contributed by atoms with E-state index in [2.05, 4.69) is 34.7 Å². The van der Waals surface area contributed by atoms with Gasteiger partial charge in [0.1, 0.15) is 0 Å². The summed E-state index contributed by atoms with van der Waals surface area (Å²) in [6.45, 7) is 2.86. The smallest absolute Gasteiger partial charge is 0.247 e. The van der Waals surface area contributed by atoms with Gasteiger partial charge in [-0.2, -0.15) is 0 Å². The zero-order valence-corrected chi connectivity index (χ0v) is 11.5. The number of nitrogens with zero attached hydrogens (tertiary/aromatic N) is 3. The lowest BCUT2D eigenvalue weighted by Gasteiger charge is -2.09. The van der Waals surface area contributed by atoms with Crippen LogP contribution in [0, 0.1) is 6.92 Å². The highest BCUT2D eigenvalue weighted by molar-refractivity contribution is 5.64. The van der Waals surface area contributed by atoms with E-state index in [-0.39, 0.29) is 0 Å². The first-order chi connectivity index (χ1) is 9.72. The van der Waals surface area contributed by atoms with Crippen LogP contribution in [-0.2, 0) is 13.6 Å². The lowest BCUT2D eigenvalue weighted by atomic mass is 10.1. The van der Waals surface area contributed by atoms with Crippen LogP contribution >= 0.6 is 0 Å². The highest BCUT2D eigenvalue weighted by Crippen LogP contribution is 2.24. The summed E-state index contributed by atoms with van der Waals surface area (Å²) in [5.74, 6) is 0.535. The van der Waals surface area contributed by atoms with Crippen LogP contribution in [0.15, 0.2) is 47.5 Å². The van der Waals surface area contributed by atoms with Crippen LogP contribution in [0.5, 0.6) is 0 Å². The minimum absolute atomic E-state index is 0.535. The van der Waals surface area contributed by atoms with Gasteiger partial charge in [-0.25, -0.2) is 0 Å². The molecule has 1 N–H and O–H groups in total. The molecular weight excluding hydrogens is 252 g/mol. The van der Waals surface area contributed by atoms with Crippen LogP contribution in [0.3, 0.4) is 0 Å². The summed E-state index contributed by atoms with van der Waals surface area (Å²) in [5, 5.41) is 11.1. The van der Waals surface area contributed by atoms with Gasteiger partial charge in [0.25, 0.3) is 0 Å². The van der Waals surface area contributed by atoms with Crippen LogP contribution < -0.4 is 5.32 Å². The summed E-state index contributed by atoms with van der Waals surface area (Å²) in [6.07, 6.45) is 5.48. The van der Waals surface area contributed by atoms with Crippen molar-refractivity contribution in [2.45, 2.75) is 13.5 Å². The van der Waals surface area contributed by atoms with Crippen LogP contribution in [0.2, 0.25) is 0 Å². The summed E-state index contributed by atoms with van der Waals surface area (Å²) in [5.41, 5.74) is 4.42. The van der Waals surface area contributed by atoms with Crippen molar-refractivity contribution in [3.05, 3.63) is 54.2 Å². The van der Waals surface area contributed by atoms with Gasteiger partial charge in [0.05, 0.1) is 0 Å². The van der Waals surface area contributed by atoms with E-state index in [9.17, 15) is 0 Å². The van der Waals surface area contributed by atoms with Crippen molar-refractivity contribution in [2.24, 2.45) is 7.05 Å². The van der Waals surface area contributed by atoms with E-state index in [1.165, 1.54) is 17.5 Å². The van der Waals surface area contributed by atoms with Gasteiger partial charge in [0.15, 0.2) is 0 Å². The van der Waals surface area contributed by atoms with Crippen molar-refractivity contribution in [3.63, 3.8) is 0 Å². The highest BCUT2D eigenvalue weighted by Gasteiger charge is 2.06. The van der Waals surface area contributed by atoms with Gasteiger partial charge in [-0.05, 0) is 36.2 Å². The van der Waals surface area contributed by atoms with Gasteiger partial charge in [0, 0.05) is 37.2 Å². The van der Waals surface area contributed by atoms with E-state index in [0.29, 0.717) is 5.89 Å². The highest BCUT2D eigenvalue weighted by atomic mass is 16.4. The molecule has 0 atom stereocenters. The molecule has 0 amide bonds. The Morgan fingerprint density at radius 3 is 2.90 bits per heavy atom. The lowest BCUT2D eigenvalue weighted by molar-refractivity contribution is 0.568.